The number of aliphatic hydroxyl groups is 1. The molecule has 0 spiro atoms. The van der Waals surface area contributed by atoms with E-state index in [1.165, 1.54) is 0 Å². The second-order valence-corrected chi connectivity index (χ2v) is 6.16. The average molecular weight is 254 g/mol. The maximum Gasteiger partial charge on any atom is 0.230 e. The number of carbonyl (C=O) groups excluding carboxylic acids is 1. The van der Waals surface area contributed by atoms with E-state index < -0.39 is 0 Å². The van der Waals surface area contributed by atoms with E-state index in [1.807, 2.05) is 4.90 Å². The molecule has 2 N–H and O–H groups in total. The number of carbonyl (C=O) groups is 1. The third kappa shape index (κ3) is 2.41. The van der Waals surface area contributed by atoms with E-state index in [0.29, 0.717) is 17.7 Å². The molecule has 2 heterocycles. The molecule has 0 saturated carbocycles. The Bertz CT molecular complexity index is 298. The van der Waals surface area contributed by atoms with E-state index in [4.69, 9.17) is 5.11 Å². The molecule has 0 aliphatic carbocycles. The third-order valence-corrected chi connectivity index (χ3v) is 4.83. The molecule has 0 aromatic rings. The van der Waals surface area contributed by atoms with Crippen molar-refractivity contribution in [2.75, 3.05) is 32.8 Å². The standard InChI is InChI=1S/C14H26N2O2/c1-11(2)14(5-6-15-10-14)13(18)16-7-3-12(9-16)4-8-17/h11-12,15,17H,3-10H2,1-2H3. The second-order valence-electron chi connectivity index (χ2n) is 6.16. The lowest BCUT2D eigenvalue weighted by Gasteiger charge is -2.35. The van der Waals surface area contributed by atoms with Crippen LogP contribution in [-0.2, 0) is 4.79 Å². The van der Waals surface area contributed by atoms with Crippen LogP contribution in [0.15, 0.2) is 0 Å². The van der Waals surface area contributed by atoms with Crippen molar-refractivity contribution in [2.45, 2.75) is 33.1 Å². The van der Waals surface area contributed by atoms with Crippen molar-refractivity contribution in [3.63, 3.8) is 0 Å². The zero-order chi connectivity index (χ0) is 13.2. The summed E-state index contributed by atoms with van der Waals surface area (Å²) < 4.78 is 0. The molecular weight excluding hydrogens is 228 g/mol. The van der Waals surface area contributed by atoms with Gasteiger partial charge in [0.1, 0.15) is 0 Å². The van der Waals surface area contributed by atoms with Gasteiger partial charge in [-0.05, 0) is 37.6 Å². The largest absolute Gasteiger partial charge is 0.396 e. The highest BCUT2D eigenvalue weighted by Crippen LogP contribution is 2.37. The van der Waals surface area contributed by atoms with E-state index in [-0.39, 0.29) is 12.0 Å². The fourth-order valence-electron chi connectivity index (χ4n) is 3.38. The minimum atomic E-state index is -0.186. The Hall–Kier alpha value is -0.610. The number of rotatable bonds is 4. The lowest BCUT2D eigenvalue weighted by atomic mass is 9.75. The smallest absolute Gasteiger partial charge is 0.230 e. The minimum Gasteiger partial charge on any atom is -0.396 e. The maximum absolute atomic E-state index is 12.8. The normalized spacial score (nSPS) is 32.4. The van der Waals surface area contributed by atoms with E-state index >= 15 is 0 Å². The van der Waals surface area contributed by atoms with Gasteiger partial charge in [-0.2, -0.15) is 0 Å². The molecule has 2 aliphatic heterocycles. The fourth-order valence-corrected chi connectivity index (χ4v) is 3.38. The molecule has 4 heteroatoms. The van der Waals surface area contributed by atoms with Gasteiger partial charge in [-0.3, -0.25) is 4.79 Å². The molecule has 0 aromatic heterocycles. The van der Waals surface area contributed by atoms with Crippen molar-refractivity contribution in [2.24, 2.45) is 17.3 Å². The first-order chi connectivity index (χ1) is 8.60. The van der Waals surface area contributed by atoms with Crippen molar-refractivity contribution in [1.29, 1.82) is 0 Å². The molecule has 2 saturated heterocycles. The fraction of sp³-hybridized carbons (Fsp3) is 0.929. The summed E-state index contributed by atoms with van der Waals surface area (Å²) in [5, 5.41) is 12.3. The van der Waals surface area contributed by atoms with E-state index in [2.05, 4.69) is 19.2 Å². The van der Waals surface area contributed by atoms with Crippen LogP contribution < -0.4 is 5.32 Å². The van der Waals surface area contributed by atoms with Gasteiger partial charge < -0.3 is 15.3 Å². The molecule has 2 aliphatic rings. The number of nitrogens with one attached hydrogen (secondary N) is 1. The molecule has 2 unspecified atom stereocenters. The third-order valence-electron chi connectivity index (χ3n) is 4.83. The van der Waals surface area contributed by atoms with Gasteiger partial charge in [0.25, 0.3) is 0 Å². The summed E-state index contributed by atoms with van der Waals surface area (Å²) in [6.45, 7) is 8.05. The van der Waals surface area contributed by atoms with Crippen molar-refractivity contribution in [3.05, 3.63) is 0 Å². The van der Waals surface area contributed by atoms with E-state index in [0.717, 1.165) is 45.4 Å². The second kappa shape index (κ2) is 5.57. The maximum atomic E-state index is 12.8. The number of nitrogens with zero attached hydrogens (tertiary/aromatic N) is 1. The molecule has 2 fully saturated rings. The lowest BCUT2D eigenvalue weighted by molar-refractivity contribution is -0.142. The summed E-state index contributed by atoms with van der Waals surface area (Å²) in [7, 11) is 0. The highest BCUT2D eigenvalue weighted by Gasteiger charge is 2.47. The molecule has 0 radical (unpaired) electrons. The molecule has 18 heavy (non-hydrogen) atoms. The van der Waals surface area contributed by atoms with Gasteiger partial charge in [0, 0.05) is 26.2 Å². The first-order valence-corrected chi connectivity index (χ1v) is 7.21. The summed E-state index contributed by atoms with van der Waals surface area (Å²) in [5.41, 5.74) is -0.186. The zero-order valence-electron chi connectivity index (χ0n) is 11.6. The summed E-state index contributed by atoms with van der Waals surface area (Å²) in [6, 6.07) is 0. The Morgan fingerprint density at radius 2 is 2.33 bits per heavy atom. The first-order valence-electron chi connectivity index (χ1n) is 7.21. The van der Waals surface area contributed by atoms with Gasteiger partial charge in [-0.15, -0.1) is 0 Å². The first kappa shape index (κ1) is 13.8. The molecule has 0 aromatic carbocycles. The highest BCUT2D eigenvalue weighted by atomic mass is 16.3. The van der Waals surface area contributed by atoms with Gasteiger partial charge in [0.15, 0.2) is 0 Å². The lowest BCUT2D eigenvalue weighted by Crippen LogP contribution is -2.47. The molecular formula is C14H26N2O2. The quantitative estimate of drug-likeness (QED) is 0.782. The summed E-state index contributed by atoms with van der Waals surface area (Å²) >= 11 is 0. The average Bonchev–Trinajstić information content (AvgIpc) is 2.97. The molecule has 2 atom stereocenters. The Morgan fingerprint density at radius 1 is 1.56 bits per heavy atom. The van der Waals surface area contributed by atoms with Crippen molar-refractivity contribution >= 4 is 5.91 Å². The zero-order valence-corrected chi connectivity index (χ0v) is 11.6. The molecule has 1 amide bonds. The van der Waals surface area contributed by atoms with Gasteiger partial charge in [0.2, 0.25) is 5.91 Å². The van der Waals surface area contributed by atoms with Gasteiger partial charge >= 0.3 is 0 Å². The van der Waals surface area contributed by atoms with Crippen molar-refractivity contribution in [1.82, 2.24) is 10.2 Å². The summed E-state index contributed by atoms with van der Waals surface area (Å²) in [6.07, 6.45) is 2.84. The number of hydrogen-bond acceptors (Lipinski definition) is 3. The molecule has 2 rings (SSSR count). The van der Waals surface area contributed by atoms with Crippen LogP contribution in [0.25, 0.3) is 0 Å². The van der Waals surface area contributed by atoms with Gasteiger partial charge in [-0.25, -0.2) is 0 Å². The van der Waals surface area contributed by atoms with Gasteiger partial charge in [-0.1, -0.05) is 13.8 Å². The molecule has 4 nitrogen and oxygen atoms in total. The number of hydrogen-bond donors (Lipinski definition) is 2. The van der Waals surface area contributed by atoms with Crippen LogP contribution in [-0.4, -0.2) is 48.7 Å². The number of amides is 1. The summed E-state index contributed by atoms with van der Waals surface area (Å²) in [4.78, 5) is 14.8. The van der Waals surface area contributed by atoms with Crippen LogP contribution in [0.4, 0.5) is 0 Å². The van der Waals surface area contributed by atoms with Crippen LogP contribution in [0.5, 0.6) is 0 Å². The SMILES string of the molecule is CC(C)C1(C(=O)N2CCC(CCO)C2)CCNC1. The van der Waals surface area contributed by atoms with E-state index in [1.54, 1.807) is 0 Å². The Balaban J connectivity index is 2.02. The van der Waals surface area contributed by atoms with Crippen LogP contribution >= 0.6 is 0 Å². The Morgan fingerprint density at radius 3 is 2.89 bits per heavy atom. The molecule has 104 valence electrons. The Labute approximate surface area is 110 Å². The van der Waals surface area contributed by atoms with Crippen LogP contribution in [0, 0.1) is 17.3 Å². The van der Waals surface area contributed by atoms with Crippen LogP contribution in [0.3, 0.4) is 0 Å². The van der Waals surface area contributed by atoms with Gasteiger partial charge in [0.05, 0.1) is 5.41 Å². The van der Waals surface area contributed by atoms with Crippen LogP contribution in [0.2, 0.25) is 0 Å². The highest BCUT2D eigenvalue weighted by molar-refractivity contribution is 5.84. The molecule has 0 bridgehead atoms. The van der Waals surface area contributed by atoms with E-state index in [9.17, 15) is 4.79 Å². The predicted octanol–water partition coefficient (Wildman–Crippen LogP) is 0.853. The van der Waals surface area contributed by atoms with Crippen molar-refractivity contribution < 1.29 is 9.90 Å². The predicted molar refractivity (Wildman–Crippen MR) is 71.1 cm³/mol. The monoisotopic (exact) mass is 254 g/mol. The number of aliphatic hydroxyl groups excluding tert-OH is 1. The summed E-state index contributed by atoms with van der Waals surface area (Å²) in [5.74, 6) is 1.22. The minimum absolute atomic E-state index is 0.186. The van der Waals surface area contributed by atoms with Crippen LogP contribution in [0.1, 0.15) is 33.1 Å². The van der Waals surface area contributed by atoms with Crippen molar-refractivity contribution in [3.8, 4) is 0 Å². The Kier molecular flexibility index (Phi) is 4.28. The topological polar surface area (TPSA) is 52.6 Å². The number of likely N-dealkylation sites (tertiary alicyclic amines) is 1.